The molecule has 2 heterocycles. The number of nitriles is 1. The highest BCUT2D eigenvalue weighted by Crippen LogP contribution is 2.28. The number of thiazole rings is 1. The quantitative estimate of drug-likeness (QED) is 0.767. The van der Waals surface area contributed by atoms with Crippen molar-refractivity contribution < 1.29 is 0 Å². The molecule has 1 saturated heterocycles. The summed E-state index contributed by atoms with van der Waals surface area (Å²) in [6.07, 6.45) is 2.86. The van der Waals surface area contributed by atoms with Crippen molar-refractivity contribution in [3.8, 4) is 6.07 Å². The van der Waals surface area contributed by atoms with Crippen molar-refractivity contribution >= 4 is 11.3 Å². The Hall–Kier alpha value is -0.920. The summed E-state index contributed by atoms with van der Waals surface area (Å²) in [5.74, 6) is 0.616. The van der Waals surface area contributed by atoms with Crippen LogP contribution in [0.3, 0.4) is 0 Å². The van der Waals surface area contributed by atoms with Gasteiger partial charge in [-0.2, -0.15) is 5.26 Å². The molecule has 2 rings (SSSR count). The normalized spacial score (nSPS) is 18.9. The van der Waals surface area contributed by atoms with E-state index in [2.05, 4.69) is 28.4 Å². The average Bonchev–Trinajstić information content (AvgIpc) is 2.68. The van der Waals surface area contributed by atoms with Crippen molar-refractivity contribution in [3.63, 3.8) is 0 Å². The van der Waals surface area contributed by atoms with Crippen molar-refractivity contribution in [1.29, 1.82) is 5.26 Å². The van der Waals surface area contributed by atoms with E-state index in [0.717, 1.165) is 18.1 Å². The van der Waals surface area contributed by atoms with E-state index in [1.165, 1.54) is 18.5 Å². The molecule has 0 N–H and O–H groups in total. The highest BCUT2D eigenvalue weighted by atomic mass is 32.1. The zero-order valence-electron chi connectivity index (χ0n) is 8.94. The Balaban J connectivity index is 2.00. The first-order chi connectivity index (χ1) is 7.29. The minimum absolute atomic E-state index is 0.456. The van der Waals surface area contributed by atoms with Crippen molar-refractivity contribution in [3.05, 3.63) is 16.1 Å². The third kappa shape index (κ3) is 2.55. The number of rotatable bonds is 2. The van der Waals surface area contributed by atoms with Gasteiger partial charge in [0.15, 0.2) is 0 Å². The van der Waals surface area contributed by atoms with Gasteiger partial charge in [-0.25, -0.2) is 4.98 Å². The SMILES string of the molecule is CN1CCC(c2csc(CC#N)n2)CC1. The number of piperidine rings is 1. The van der Waals surface area contributed by atoms with Crippen LogP contribution in [0.1, 0.15) is 29.5 Å². The monoisotopic (exact) mass is 221 g/mol. The lowest BCUT2D eigenvalue weighted by Crippen LogP contribution is -2.29. The van der Waals surface area contributed by atoms with E-state index in [4.69, 9.17) is 5.26 Å². The van der Waals surface area contributed by atoms with E-state index >= 15 is 0 Å². The number of hydrogen-bond donors (Lipinski definition) is 0. The zero-order chi connectivity index (χ0) is 10.7. The molecule has 0 aromatic carbocycles. The second-order valence-electron chi connectivity index (χ2n) is 4.08. The molecule has 80 valence electrons. The highest BCUT2D eigenvalue weighted by molar-refractivity contribution is 7.09. The van der Waals surface area contributed by atoms with Crippen LogP contribution in [0, 0.1) is 11.3 Å². The molecule has 0 amide bonds. The van der Waals surface area contributed by atoms with Gasteiger partial charge in [-0.3, -0.25) is 0 Å². The lowest BCUT2D eigenvalue weighted by Gasteiger charge is -2.27. The Morgan fingerprint density at radius 1 is 1.60 bits per heavy atom. The predicted molar refractivity (Wildman–Crippen MR) is 60.9 cm³/mol. The molecule has 4 heteroatoms. The summed E-state index contributed by atoms with van der Waals surface area (Å²) in [6, 6.07) is 2.15. The molecule has 0 atom stereocenters. The predicted octanol–water partition coefficient (Wildman–Crippen LogP) is 2.02. The maximum Gasteiger partial charge on any atom is 0.107 e. The summed E-state index contributed by atoms with van der Waals surface area (Å²) in [7, 11) is 2.17. The third-order valence-electron chi connectivity index (χ3n) is 2.94. The molecule has 1 fully saturated rings. The van der Waals surface area contributed by atoms with Crippen LogP contribution in [0.25, 0.3) is 0 Å². The van der Waals surface area contributed by atoms with Crippen LogP contribution in [0.5, 0.6) is 0 Å². The standard InChI is InChI=1S/C11H15N3S/c1-14-6-3-9(4-7-14)10-8-15-11(13-10)2-5-12/h8-9H,2-4,6-7H2,1H3. The van der Waals surface area contributed by atoms with E-state index in [1.54, 1.807) is 11.3 Å². The molecule has 1 aromatic heterocycles. The summed E-state index contributed by atoms with van der Waals surface area (Å²) >= 11 is 1.62. The van der Waals surface area contributed by atoms with Gasteiger partial charge in [0.05, 0.1) is 18.2 Å². The number of hydrogen-bond acceptors (Lipinski definition) is 4. The van der Waals surface area contributed by atoms with Crippen molar-refractivity contribution in [2.24, 2.45) is 0 Å². The second kappa shape index (κ2) is 4.73. The molecule has 0 bridgehead atoms. The molecule has 0 aliphatic carbocycles. The maximum absolute atomic E-state index is 8.58. The van der Waals surface area contributed by atoms with E-state index in [-0.39, 0.29) is 0 Å². The molecule has 1 aliphatic rings. The van der Waals surface area contributed by atoms with Gasteiger partial charge in [0, 0.05) is 11.3 Å². The van der Waals surface area contributed by atoms with Gasteiger partial charge in [-0.05, 0) is 33.0 Å². The molecular formula is C11H15N3S. The first-order valence-electron chi connectivity index (χ1n) is 5.29. The molecule has 0 radical (unpaired) electrons. The Bertz CT molecular complexity index is 358. The van der Waals surface area contributed by atoms with Crippen LogP contribution in [0.15, 0.2) is 5.38 Å². The van der Waals surface area contributed by atoms with E-state index in [0.29, 0.717) is 12.3 Å². The molecule has 0 spiro atoms. The molecule has 0 saturated carbocycles. The maximum atomic E-state index is 8.58. The first-order valence-corrected chi connectivity index (χ1v) is 6.17. The zero-order valence-corrected chi connectivity index (χ0v) is 9.76. The largest absolute Gasteiger partial charge is 0.306 e. The van der Waals surface area contributed by atoms with Crippen molar-refractivity contribution in [2.75, 3.05) is 20.1 Å². The fraction of sp³-hybridized carbons (Fsp3) is 0.636. The van der Waals surface area contributed by atoms with Crippen LogP contribution in [0.4, 0.5) is 0 Å². The van der Waals surface area contributed by atoms with Gasteiger partial charge >= 0.3 is 0 Å². The minimum Gasteiger partial charge on any atom is -0.306 e. The average molecular weight is 221 g/mol. The van der Waals surface area contributed by atoms with Crippen LogP contribution < -0.4 is 0 Å². The minimum atomic E-state index is 0.456. The summed E-state index contributed by atoms with van der Waals surface area (Å²) in [5, 5.41) is 11.7. The lowest BCUT2D eigenvalue weighted by atomic mass is 9.95. The Kier molecular flexibility index (Phi) is 3.34. The summed E-state index contributed by atoms with van der Waals surface area (Å²) in [6.45, 7) is 2.32. The smallest absolute Gasteiger partial charge is 0.107 e. The first kappa shape index (κ1) is 10.6. The number of nitrogens with zero attached hydrogens (tertiary/aromatic N) is 3. The van der Waals surface area contributed by atoms with E-state index < -0.39 is 0 Å². The Morgan fingerprint density at radius 3 is 3.00 bits per heavy atom. The van der Waals surface area contributed by atoms with Crippen molar-refractivity contribution in [2.45, 2.75) is 25.2 Å². The second-order valence-corrected chi connectivity index (χ2v) is 5.02. The molecular weight excluding hydrogens is 206 g/mol. The third-order valence-corrected chi connectivity index (χ3v) is 3.80. The number of aromatic nitrogens is 1. The lowest BCUT2D eigenvalue weighted by molar-refractivity contribution is 0.253. The molecule has 1 aliphatic heterocycles. The molecule has 3 nitrogen and oxygen atoms in total. The van der Waals surface area contributed by atoms with Crippen LogP contribution >= 0.6 is 11.3 Å². The number of likely N-dealkylation sites (tertiary alicyclic amines) is 1. The molecule has 15 heavy (non-hydrogen) atoms. The van der Waals surface area contributed by atoms with E-state index in [9.17, 15) is 0 Å². The summed E-state index contributed by atoms with van der Waals surface area (Å²) < 4.78 is 0. The summed E-state index contributed by atoms with van der Waals surface area (Å²) in [5.41, 5.74) is 1.21. The summed E-state index contributed by atoms with van der Waals surface area (Å²) in [4.78, 5) is 6.89. The topological polar surface area (TPSA) is 39.9 Å². The van der Waals surface area contributed by atoms with Gasteiger partial charge in [0.25, 0.3) is 0 Å². The van der Waals surface area contributed by atoms with Gasteiger partial charge in [0.2, 0.25) is 0 Å². The van der Waals surface area contributed by atoms with Crippen LogP contribution in [-0.2, 0) is 6.42 Å². The van der Waals surface area contributed by atoms with Gasteiger partial charge in [-0.15, -0.1) is 11.3 Å². The molecule has 1 aromatic rings. The fourth-order valence-electron chi connectivity index (χ4n) is 1.97. The van der Waals surface area contributed by atoms with Gasteiger partial charge in [0.1, 0.15) is 5.01 Å². The van der Waals surface area contributed by atoms with Crippen molar-refractivity contribution in [1.82, 2.24) is 9.88 Å². The van der Waals surface area contributed by atoms with Crippen LogP contribution in [-0.4, -0.2) is 30.0 Å². The van der Waals surface area contributed by atoms with Crippen LogP contribution in [0.2, 0.25) is 0 Å². The highest BCUT2D eigenvalue weighted by Gasteiger charge is 2.20. The van der Waals surface area contributed by atoms with Gasteiger partial charge in [-0.1, -0.05) is 0 Å². The van der Waals surface area contributed by atoms with Gasteiger partial charge < -0.3 is 4.90 Å². The molecule has 0 unspecified atom stereocenters. The Labute approximate surface area is 94.4 Å². The Morgan fingerprint density at radius 2 is 2.33 bits per heavy atom. The van der Waals surface area contributed by atoms with E-state index in [1.807, 2.05) is 0 Å². The fourth-order valence-corrected chi connectivity index (χ4v) is 2.77.